The maximum atomic E-state index is 1.56. The van der Waals surface area contributed by atoms with Crippen molar-refractivity contribution in [2.75, 3.05) is 0 Å². The summed E-state index contributed by atoms with van der Waals surface area (Å²) in [6, 6.07) is 0. The van der Waals surface area contributed by atoms with Crippen molar-refractivity contribution in [3.8, 4) is 0 Å². The van der Waals surface area contributed by atoms with Crippen LogP contribution in [-0.2, 0) is 0 Å². The maximum absolute atomic E-state index is 1.56. The van der Waals surface area contributed by atoms with E-state index in [9.17, 15) is 0 Å². The predicted molar refractivity (Wildman–Crippen MR) is 63.2 cm³/mol. The topological polar surface area (TPSA) is 0 Å². The van der Waals surface area contributed by atoms with Crippen LogP contribution in [0.1, 0.15) is 65.6 Å². The Bertz CT molecular complexity index is 127. The number of hydrogen-bond donors (Lipinski definition) is 0. The van der Waals surface area contributed by atoms with E-state index in [-0.39, 0.29) is 31.0 Å². The van der Waals surface area contributed by atoms with Gasteiger partial charge in [-0.25, -0.2) is 0 Å². The summed E-state index contributed by atoms with van der Waals surface area (Å²) < 4.78 is 0. The molecule has 0 amide bonds. The first kappa shape index (κ1) is 13.5. The minimum absolute atomic E-state index is 0. The molecule has 0 atom stereocenters. The van der Waals surface area contributed by atoms with Crippen LogP contribution < -0.4 is 29.6 Å². The smallest absolute Gasteiger partial charge is 1.00 e. The summed E-state index contributed by atoms with van der Waals surface area (Å²) in [6.45, 7) is 0. The Balaban J connectivity index is 0.000000980. The molecule has 0 heterocycles. The van der Waals surface area contributed by atoms with Crippen LogP contribution in [0.3, 0.4) is 0 Å². The molecule has 78 valence electrons. The van der Waals surface area contributed by atoms with E-state index >= 15 is 0 Å². The quantitative estimate of drug-likeness (QED) is 0.490. The van der Waals surface area contributed by atoms with E-state index < -0.39 is 0 Å². The molecule has 0 nitrogen and oxygen atoms in total. The van der Waals surface area contributed by atoms with Gasteiger partial charge < -0.3 is 1.43 Å². The third kappa shape index (κ3) is 4.52. The van der Waals surface area contributed by atoms with Crippen molar-refractivity contribution in [2.24, 2.45) is 0 Å². The summed E-state index contributed by atoms with van der Waals surface area (Å²) in [6.07, 6.45) is 15.4. The van der Waals surface area contributed by atoms with Crippen LogP contribution in [0.4, 0.5) is 0 Å². The Labute approximate surface area is 115 Å². The summed E-state index contributed by atoms with van der Waals surface area (Å²) in [5, 5.41) is 0. The number of hydrogen-bond acceptors (Lipinski definition) is 0. The Morgan fingerprint density at radius 1 is 0.643 bits per heavy atom. The molecular formula is C12H24NaP. The molecule has 0 saturated heterocycles. The molecule has 0 aliphatic heterocycles. The van der Waals surface area contributed by atoms with Crippen molar-refractivity contribution < 1.29 is 31.0 Å². The van der Waals surface area contributed by atoms with Gasteiger partial charge in [0.2, 0.25) is 0 Å². The summed E-state index contributed by atoms with van der Waals surface area (Å²) >= 11 is 0. The summed E-state index contributed by atoms with van der Waals surface area (Å²) in [4.78, 5) is 0. The first-order chi connectivity index (χ1) is 6.45. The first-order valence-corrected chi connectivity index (χ1v) is 7.37. The molecule has 2 aliphatic carbocycles. The molecule has 0 aromatic rings. The van der Waals surface area contributed by atoms with E-state index in [4.69, 9.17) is 0 Å². The molecular weight excluding hydrogens is 198 g/mol. The second kappa shape index (κ2) is 7.66. The molecule has 0 radical (unpaired) electrons. The third-order valence-electron chi connectivity index (χ3n) is 3.68. The Morgan fingerprint density at radius 2 is 1.00 bits per heavy atom. The second-order valence-electron chi connectivity index (χ2n) is 4.84. The standard InChI is InChI=1S/C12H23P.Na.H/c1-3-7-11(8-4-1)13-12-9-5-2-6-10-12;;/h11-13H,1-10H2;;/q;+1;-1. The van der Waals surface area contributed by atoms with Crippen LogP contribution in [0.25, 0.3) is 0 Å². The average molecular weight is 222 g/mol. The zero-order valence-corrected chi connectivity index (χ0v) is 12.7. The van der Waals surface area contributed by atoms with Crippen LogP contribution in [0.5, 0.6) is 0 Å². The molecule has 0 aromatic carbocycles. The monoisotopic (exact) mass is 222 g/mol. The summed E-state index contributed by atoms with van der Waals surface area (Å²) in [5.41, 5.74) is 2.30. The molecule has 2 rings (SSSR count). The molecule has 2 heteroatoms. The molecule has 0 N–H and O–H groups in total. The van der Waals surface area contributed by atoms with Gasteiger partial charge in [-0.05, 0) is 37.0 Å². The average Bonchev–Trinajstić information content (AvgIpc) is 2.21. The van der Waals surface area contributed by atoms with Gasteiger partial charge in [0, 0.05) is 0 Å². The van der Waals surface area contributed by atoms with Gasteiger partial charge in [-0.1, -0.05) is 38.5 Å². The fraction of sp³-hybridized carbons (Fsp3) is 1.00. The molecule has 0 unspecified atom stereocenters. The summed E-state index contributed by atoms with van der Waals surface area (Å²) in [5.74, 6) is 0. The van der Waals surface area contributed by atoms with Crippen LogP contribution in [0, 0.1) is 0 Å². The van der Waals surface area contributed by atoms with Gasteiger partial charge in [0.05, 0.1) is 0 Å². The van der Waals surface area contributed by atoms with Gasteiger partial charge in [0.1, 0.15) is 0 Å². The Hall–Kier alpha value is 1.43. The fourth-order valence-electron chi connectivity index (χ4n) is 2.87. The molecule has 2 aliphatic rings. The maximum Gasteiger partial charge on any atom is 1.00 e. The van der Waals surface area contributed by atoms with Crippen LogP contribution in [-0.4, -0.2) is 11.3 Å². The van der Waals surface area contributed by atoms with E-state index in [1.807, 2.05) is 0 Å². The van der Waals surface area contributed by atoms with Crippen molar-refractivity contribution in [3.63, 3.8) is 0 Å². The second-order valence-corrected chi connectivity index (χ2v) is 6.80. The third-order valence-corrected chi connectivity index (χ3v) is 5.78. The molecule has 2 fully saturated rings. The van der Waals surface area contributed by atoms with E-state index in [1.54, 1.807) is 25.7 Å². The minimum atomic E-state index is 0. The van der Waals surface area contributed by atoms with Gasteiger partial charge in [-0.2, -0.15) is 0 Å². The van der Waals surface area contributed by atoms with Gasteiger partial charge in [0.15, 0.2) is 0 Å². The SMILES string of the molecule is C1CCC(PC2CCCCC2)CC1.[H-].[Na+]. The predicted octanol–water partition coefficient (Wildman–Crippen LogP) is 1.45. The molecule has 14 heavy (non-hydrogen) atoms. The van der Waals surface area contributed by atoms with Crippen molar-refractivity contribution >= 4 is 8.58 Å². The Kier molecular flexibility index (Phi) is 7.39. The van der Waals surface area contributed by atoms with E-state index in [0.29, 0.717) is 0 Å². The van der Waals surface area contributed by atoms with E-state index in [2.05, 4.69) is 0 Å². The summed E-state index contributed by atoms with van der Waals surface area (Å²) in [7, 11) is 1.33. The van der Waals surface area contributed by atoms with E-state index in [0.717, 1.165) is 11.3 Å². The molecule has 2 saturated carbocycles. The number of rotatable bonds is 2. The van der Waals surface area contributed by atoms with Crippen molar-refractivity contribution in [2.45, 2.75) is 75.5 Å². The minimum Gasteiger partial charge on any atom is -1.00 e. The molecule has 0 spiro atoms. The van der Waals surface area contributed by atoms with Crippen LogP contribution in [0.2, 0.25) is 0 Å². The van der Waals surface area contributed by atoms with Gasteiger partial charge in [-0.3, -0.25) is 0 Å². The van der Waals surface area contributed by atoms with Gasteiger partial charge >= 0.3 is 29.6 Å². The normalized spacial score (nSPS) is 25.7. The zero-order valence-electron chi connectivity index (χ0n) is 10.7. The van der Waals surface area contributed by atoms with Gasteiger partial charge in [-0.15, -0.1) is 8.58 Å². The van der Waals surface area contributed by atoms with Gasteiger partial charge in [0.25, 0.3) is 0 Å². The molecule has 0 bridgehead atoms. The first-order valence-electron chi connectivity index (χ1n) is 6.21. The van der Waals surface area contributed by atoms with Crippen molar-refractivity contribution in [1.29, 1.82) is 0 Å². The Morgan fingerprint density at radius 3 is 1.36 bits per heavy atom. The fourth-order valence-corrected chi connectivity index (χ4v) is 5.02. The zero-order chi connectivity index (χ0) is 8.93. The van der Waals surface area contributed by atoms with Crippen LogP contribution >= 0.6 is 8.58 Å². The van der Waals surface area contributed by atoms with Crippen LogP contribution in [0.15, 0.2) is 0 Å². The largest absolute Gasteiger partial charge is 1.00 e. The van der Waals surface area contributed by atoms with Crippen molar-refractivity contribution in [1.82, 2.24) is 0 Å². The van der Waals surface area contributed by atoms with Crippen molar-refractivity contribution in [3.05, 3.63) is 0 Å². The molecule has 0 aromatic heterocycles. The van der Waals surface area contributed by atoms with E-state index in [1.165, 1.54) is 47.1 Å².